The Labute approximate surface area is 112 Å². The van der Waals surface area contributed by atoms with Crippen molar-refractivity contribution >= 4 is 22.3 Å². The summed E-state index contributed by atoms with van der Waals surface area (Å²) in [5, 5.41) is 2.42. The van der Waals surface area contributed by atoms with Crippen LogP contribution in [0.4, 0.5) is 0 Å². The molecule has 19 heavy (non-hydrogen) atoms. The summed E-state index contributed by atoms with van der Waals surface area (Å²) in [5.74, 6) is -0.243. The summed E-state index contributed by atoms with van der Waals surface area (Å²) in [5.41, 5.74) is 3.59. The van der Waals surface area contributed by atoms with Crippen LogP contribution < -0.4 is 0 Å². The van der Waals surface area contributed by atoms with E-state index >= 15 is 0 Å². The van der Waals surface area contributed by atoms with Gasteiger partial charge in [0.1, 0.15) is 6.10 Å². The summed E-state index contributed by atoms with van der Waals surface area (Å²) in [4.78, 5) is 11.3. The zero-order valence-corrected chi connectivity index (χ0v) is 11.1. The van der Waals surface area contributed by atoms with Gasteiger partial charge in [0.2, 0.25) is 0 Å². The highest BCUT2D eigenvalue weighted by atomic mass is 16.5. The smallest absolute Gasteiger partial charge is 0.303 e. The first-order valence-electron chi connectivity index (χ1n) is 6.60. The predicted octanol–water partition coefficient (Wildman–Crippen LogP) is 4.25. The highest BCUT2D eigenvalue weighted by molar-refractivity contribution is 5.98. The predicted molar refractivity (Wildman–Crippen MR) is 76.7 cm³/mol. The molecular weight excluding hydrogens is 236 g/mol. The van der Waals surface area contributed by atoms with E-state index in [1.54, 1.807) is 0 Å². The van der Waals surface area contributed by atoms with E-state index in [9.17, 15) is 4.79 Å². The largest absolute Gasteiger partial charge is 0.453 e. The van der Waals surface area contributed by atoms with Crippen LogP contribution in [0.15, 0.2) is 42.5 Å². The van der Waals surface area contributed by atoms with Gasteiger partial charge in [0.15, 0.2) is 0 Å². The summed E-state index contributed by atoms with van der Waals surface area (Å²) in [6.45, 7) is 3.59. The number of rotatable bonds is 2. The van der Waals surface area contributed by atoms with E-state index in [0.29, 0.717) is 0 Å². The molecule has 0 saturated heterocycles. The fourth-order valence-corrected chi connectivity index (χ4v) is 2.82. The first-order valence-corrected chi connectivity index (χ1v) is 6.60. The van der Waals surface area contributed by atoms with Crippen molar-refractivity contribution in [2.45, 2.75) is 26.4 Å². The molecule has 0 heterocycles. The zero-order chi connectivity index (χ0) is 13.4. The number of ether oxygens (including phenoxy) is 1. The quantitative estimate of drug-likeness (QED) is 0.747. The van der Waals surface area contributed by atoms with Crippen molar-refractivity contribution in [3.8, 4) is 0 Å². The van der Waals surface area contributed by atoms with E-state index in [1.807, 2.05) is 12.1 Å². The summed E-state index contributed by atoms with van der Waals surface area (Å²) in [6, 6.07) is 12.5. The monoisotopic (exact) mass is 252 g/mol. The Morgan fingerprint density at radius 2 is 1.95 bits per heavy atom. The molecule has 0 spiro atoms. The molecule has 0 N–H and O–H groups in total. The van der Waals surface area contributed by atoms with Crippen molar-refractivity contribution in [3.05, 3.63) is 53.6 Å². The lowest BCUT2D eigenvalue weighted by Crippen LogP contribution is -2.11. The highest BCUT2D eigenvalue weighted by Gasteiger charge is 2.23. The van der Waals surface area contributed by atoms with Gasteiger partial charge in [-0.05, 0) is 34.4 Å². The van der Waals surface area contributed by atoms with Gasteiger partial charge < -0.3 is 4.74 Å². The van der Waals surface area contributed by atoms with E-state index < -0.39 is 0 Å². The normalized spacial score (nSPS) is 17.2. The number of hydrogen-bond donors (Lipinski definition) is 0. The lowest BCUT2D eigenvalue weighted by molar-refractivity contribution is -0.144. The third-order valence-corrected chi connectivity index (χ3v) is 3.62. The number of carbonyl (C=O) groups is 1. The maximum absolute atomic E-state index is 11.3. The molecule has 0 aromatic heterocycles. The average Bonchev–Trinajstić information content (AvgIpc) is 2.41. The van der Waals surface area contributed by atoms with E-state index in [4.69, 9.17) is 4.74 Å². The standard InChI is InChI=1S/C17H16O2/c1-3-12-10-16(19-11(2)18)15-9-5-7-13-6-4-8-14(12)17(13)15/h4-10,16H,3H2,1-2H3. The Hall–Kier alpha value is -2.09. The molecule has 1 atom stereocenters. The molecular formula is C17H16O2. The summed E-state index contributed by atoms with van der Waals surface area (Å²) < 4.78 is 5.46. The van der Waals surface area contributed by atoms with Crippen molar-refractivity contribution in [2.24, 2.45) is 0 Å². The maximum atomic E-state index is 11.3. The van der Waals surface area contributed by atoms with Crippen LogP contribution >= 0.6 is 0 Å². The molecule has 2 nitrogen and oxygen atoms in total. The first-order chi connectivity index (χ1) is 9.20. The second kappa shape index (κ2) is 4.54. The van der Waals surface area contributed by atoms with Gasteiger partial charge >= 0.3 is 5.97 Å². The van der Waals surface area contributed by atoms with Crippen LogP contribution in [0.2, 0.25) is 0 Å². The molecule has 1 aliphatic rings. The Bertz CT molecular complexity index is 677. The van der Waals surface area contributed by atoms with Crippen LogP contribution in [0.1, 0.15) is 37.5 Å². The topological polar surface area (TPSA) is 26.3 Å². The van der Waals surface area contributed by atoms with Gasteiger partial charge in [-0.15, -0.1) is 0 Å². The van der Waals surface area contributed by atoms with Crippen molar-refractivity contribution in [1.82, 2.24) is 0 Å². The number of allylic oxidation sites excluding steroid dienone is 1. The van der Waals surface area contributed by atoms with Gasteiger partial charge in [-0.2, -0.15) is 0 Å². The Kier molecular flexibility index (Phi) is 2.86. The number of carbonyl (C=O) groups excluding carboxylic acids is 1. The van der Waals surface area contributed by atoms with Crippen LogP contribution in [0.3, 0.4) is 0 Å². The Morgan fingerprint density at radius 3 is 2.63 bits per heavy atom. The Balaban J connectivity index is 2.27. The number of hydrogen-bond acceptors (Lipinski definition) is 2. The van der Waals surface area contributed by atoms with Crippen molar-refractivity contribution in [1.29, 1.82) is 0 Å². The molecule has 0 aliphatic heterocycles. The minimum absolute atomic E-state index is 0.243. The third kappa shape index (κ3) is 1.93. The minimum atomic E-state index is -0.258. The highest BCUT2D eigenvalue weighted by Crippen LogP contribution is 2.40. The van der Waals surface area contributed by atoms with Crippen molar-refractivity contribution in [3.63, 3.8) is 0 Å². The van der Waals surface area contributed by atoms with Gasteiger partial charge in [0.25, 0.3) is 0 Å². The van der Waals surface area contributed by atoms with Crippen molar-refractivity contribution in [2.75, 3.05) is 0 Å². The molecule has 2 heteroatoms. The summed E-state index contributed by atoms with van der Waals surface area (Å²) in [6.07, 6.45) is 2.75. The molecule has 1 aliphatic carbocycles. The molecule has 0 saturated carbocycles. The van der Waals surface area contributed by atoms with Crippen LogP contribution in [-0.2, 0) is 9.53 Å². The average molecular weight is 252 g/mol. The Morgan fingerprint density at radius 1 is 1.21 bits per heavy atom. The maximum Gasteiger partial charge on any atom is 0.303 e. The molecule has 96 valence electrons. The minimum Gasteiger partial charge on any atom is -0.453 e. The number of benzene rings is 2. The second-order valence-corrected chi connectivity index (χ2v) is 4.83. The number of esters is 1. The second-order valence-electron chi connectivity index (χ2n) is 4.83. The summed E-state index contributed by atoms with van der Waals surface area (Å²) >= 11 is 0. The van der Waals surface area contributed by atoms with Gasteiger partial charge in [-0.1, -0.05) is 43.3 Å². The SMILES string of the molecule is CCC1=CC(OC(C)=O)c2cccc3cccc1c23. The first kappa shape index (κ1) is 12.0. The summed E-state index contributed by atoms with van der Waals surface area (Å²) in [7, 11) is 0. The molecule has 2 aromatic carbocycles. The fraction of sp³-hybridized carbons (Fsp3) is 0.235. The van der Waals surface area contributed by atoms with Crippen molar-refractivity contribution < 1.29 is 9.53 Å². The van der Waals surface area contributed by atoms with Crippen LogP contribution in [-0.4, -0.2) is 5.97 Å². The van der Waals surface area contributed by atoms with Gasteiger partial charge in [-0.3, -0.25) is 4.79 Å². The molecule has 0 fully saturated rings. The molecule has 0 bridgehead atoms. The van der Waals surface area contributed by atoms with Gasteiger partial charge in [-0.25, -0.2) is 0 Å². The molecule has 1 unspecified atom stereocenters. The van der Waals surface area contributed by atoms with Gasteiger partial charge in [0, 0.05) is 12.5 Å². The zero-order valence-electron chi connectivity index (χ0n) is 11.1. The lowest BCUT2D eigenvalue weighted by Gasteiger charge is -2.24. The molecule has 0 amide bonds. The van der Waals surface area contributed by atoms with Crippen LogP contribution in [0.25, 0.3) is 16.3 Å². The lowest BCUT2D eigenvalue weighted by atomic mass is 9.86. The van der Waals surface area contributed by atoms with Gasteiger partial charge in [0.05, 0.1) is 0 Å². The van der Waals surface area contributed by atoms with E-state index in [1.165, 1.54) is 28.8 Å². The van der Waals surface area contributed by atoms with E-state index in [2.05, 4.69) is 37.3 Å². The van der Waals surface area contributed by atoms with Crippen LogP contribution in [0, 0.1) is 0 Å². The van der Waals surface area contributed by atoms with Crippen LogP contribution in [0.5, 0.6) is 0 Å². The van der Waals surface area contributed by atoms with E-state index in [-0.39, 0.29) is 12.1 Å². The van der Waals surface area contributed by atoms with E-state index in [0.717, 1.165) is 12.0 Å². The molecule has 2 aromatic rings. The molecule has 3 rings (SSSR count). The molecule has 0 radical (unpaired) electrons. The third-order valence-electron chi connectivity index (χ3n) is 3.62. The fourth-order valence-electron chi connectivity index (χ4n) is 2.82.